The van der Waals surface area contributed by atoms with Crippen molar-refractivity contribution in [3.63, 3.8) is 0 Å². The summed E-state index contributed by atoms with van der Waals surface area (Å²) >= 11 is 0. The Labute approximate surface area is 187 Å². The fraction of sp³-hybridized carbons (Fsp3) is 0.360. The van der Waals surface area contributed by atoms with Gasteiger partial charge in [0.25, 0.3) is 5.89 Å². The van der Waals surface area contributed by atoms with E-state index in [4.69, 9.17) is 9.26 Å². The first kappa shape index (κ1) is 21.7. The number of hydrogen-bond acceptors (Lipinski definition) is 7. The maximum atomic E-state index is 11.9. The quantitative estimate of drug-likeness (QED) is 0.423. The lowest BCUT2D eigenvalue weighted by Crippen LogP contribution is -2.19. The zero-order chi connectivity index (χ0) is 22.7. The van der Waals surface area contributed by atoms with E-state index < -0.39 is 0 Å². The van der Waals surface area contributed by atoms with Crippen LogP contribution < -0.4 is 10.1 Å². The maximum Gasteiger partial charge on any atom is 0.313 e. The van der Waals surface area contributed by atoms with Crippen molar-refractivity contribution >= 4 is 5.97 Å². The van der Waals surface area contributed by atoms with Crippen molar-refractivity contribution in [1.82, 2.24) is 15.5 Å². The number of benzene rings is 2. The second kappa shape index (κ2) is 9.33. The van der Waals surface area contributed by atoms with Crippen LogP contribution in [0.2, 0.25) is 0 Å². The summed E-state index contributed by atoms with van der Waals surface area (Å²) in [5, 5.41) is 17.3. The van der Waals surface area contributed by atoms with Crippen molar-refractivity contribution in [3.8, 4) is 34.7 Å². The predicted octanol–water partition coefficient (Wildman–Crippen LogP) is 4.82. The SMILES string of the molecule is CCCNC1CCc2c(-c3noc(-c4ccc(OC(=O)C(C)C)c(C#N)c4)n3)cccc21. The van der Waals surface area contributed by atoms with Gasteiger partial charge in [-0.3, -0.25) is 4.79 Å². The average Bonchev–Trinajstić information content (AvgIpc) is 3.45. The predicted molar refractivity (Wildman–Crippen MR) is 120 cm³/mol. The van der Waals surface area contributed by atoms with Crippen LogP contribution >= 0.6 is 0 Å². The first-order valence-corrected chi connectivity index (χ1v) is 11.0. The van der Waals surface area contributed by atoms with Crippen LogP contribution in [-0.4, -0.2) is 22.7 Å². The van der Waals surface area contributed by atoms with Crippen molar-refractivity contribution in [2.24, 2.45) is 5.92 Å². The van der Waals surface area contributed by atoms with Crippen LogP contribution in [-0.2, 0) is 11.2 Å². The molecular weight excluding hydrogens is 404 g/mol. The van der Waals surface area contributed by atoms with Gasteiger partial charge in [-0.25, -0.2) is 0 Å². The van der Waals surface area contributed by atoms with Gasteiger partial charge in [0.15, 0.2) is 0 Å². The molecule has 1 atom stereocenters. The van der Waals surface area contributed by atoms with E-state index in [1.807, 2.05) is 12.1 Å². The van der Waals surface area contributed by atoms with E-state index >= 15 is 0 Å². The molecule has 1 heterocycles. The van der Waals surface area contributed by atoms with Gasteiger partial charge in [0.2, 0.25) is 5.82 Å². The summed E-state index contributed by atoms with van der Waals surface area (Å²) in [6.07, 6.45) is 3.12. The van der Waals surface area contributed by atoms with E-state index in [2.05, 4.69) is 34.5 Å². The van der Waals surface area contributed by atoms with Crippen molar-refractivity contribution in [2.75, 3.05) is 6.54 Å². The van der Waals surface area contributed by atoms with E-state index in [9.17, 15) is 10.1 Å². The first-order chi connectivity index (χ1) is 15.5. The summed E-state index contributed by atoms with van der Waals surface area (Å²) in [5.74, 6) is 0.389. The monoisotopic (exact) mass is 430 g/mol. The van der Waals surface area contributed by atoms with Crippen LogP contribution in [0.5, 0.6) is 5.75 Å². The van der Waals surface area contributed by atoms with Crippen LogP contribution in [0.15, 0.2) is 40.9 Å². The number of rotatable bonds is 7. The lowest BCUT2D eigenvalue weighted by atomic mass is 10.0. The van der Waals surface area contributed by atoms with E-state index in [1.54, 1.807) is 32.0 Å². The smallest absolute Gasteiger partial charge is 0.313 e. The standard InChI is InChI=1S/C25H26N4O3/c1-4-12-27-21-10-9-18-19(21)6-5-7-20(18)23-28-24(32-29-23)16-8-11-22(17(13-16)14-26)31-25(30)15(2)3/h5-8,11,13,15,21,27H,4,9-10,12H2,1-3H3. The van der Waals surface area contributed by atoms with Crippen molar-refractivity contribution in [1.29, 1.82) is 5.26 Å². The Morgan fingerprint density at radius 3 is 2.94 bits per heavy atom. The summed E-state index contributed by atoms with van der Waals surface area (Å²) in [5.41, 5.74) is 4.36. The minimum Gasteiger partial charge on any atom is -0.425 e. The van der Waals surface area contributed by atoms with Gasteiger partial charge < -0.3 is 14.6 Å². The Morgan fingerprint density at radius 1 is 1.34 bits per heavy atom. The number of nitrogens with zero attached hydrogens (tertiary/aromatic N) is 3. The third kappa shape index (κ3) is 4.27. The summed E-state index contributed by atoms with van der Waals surface area (Å²) in [7, 11) is 0. The van der Waals surface area contributed by atoms with Crippen LogP contribution in [0.4, 0.5) is 0 Å². The highest BCUT2D eigenvalue weighted by molar-refractivity contribution is 5.76. The molecule has 1 N–H and O–H groups in total. The topological polar surface area (TPSA) is 101 Å². The molecule has 0 aliphatic heterocycles. The zero-order valence-electron chi connectivity index (χ0n) is 18.5. The third-order valence-electron chi connectivity index (χ3n) is 5.61. The fourth-order valence-corrected chi connectivity index (χ4v) is 3.91. The molecule has 1 aromatic heterocycles. The van der Waals surface area contributed by atoms with E-state index in [-0.39, 0.29) is 23.2 Å². The summed E-state index contributed by atoms with van der Waals surface area (Å²) < 4.78 is 10.8. The lowest BCUT2D eigenvalue weighted by molar-refractivity contribution is -0.137. The molecule has 32 heavy (non-hydrogen) atoms. The number of fused-ring (bicyclic) bond motifs is 1. The van der Waals surface area contributed by atoms with Gasteiger partial charge in [0, 0.05) is 17.2 Å². The summed E-state index contributed by atoms with van der Waals surface area (Å²) in [4.78, 5) is 16.5. The van der Waals surface area contributed by atoms with Crippen LogP contribution in [0.25, 0.3) is 22.8 Å². The lowest BCUT2D eigenvalue weighted by Gasteiger charge is -2.13. The highest BCUT2D eigenvalue weighted by atomic mass is 16.5. The minimum absolute atomic E-state index is 0.223. The number of esters is 1. The van der Waals surface area contributed by atoms with Crippen LogP contribution in [0, 0.1) is 17.2 Å². The number of carbonyl (C=O) groups is 1. The molecule has 7 nitrogen and oxygen atoms in total. The molecule has 0 radical (unpaired) electrons. The van der Waals surface area contributed by atoms with Crippen molar-refractivity contribution in [3.05, 3.63) is 53.1 Å². The molecule has 1 aliphatic carbocycles. The molecule has 164 valence electrons. The minimum atomic E-state index is -0.390. The largest absolute Gasteiger partial charge is 0.425 e. The molecule has 0 amide bonds. The van der Waals surface area contributed by atoms with Crippen molar-refractivity contribution in [2.45, 2.75) is 46.1 Å². The molecule has 0 saturated heterocycles. The average molecular weight is 431 g/mol. The molecule has 7 heteroatoms. The molecule has 0 fully saturated rings. The maximum absolute atomic E-state index is 11.9. The highest BCUT2D eigenvalue weighted by Crippen LogP contribution is 2.37. The highest BCUT2D eigenvalue weighted by Gasteiger charge is 2.26. The molecule has 0 bridgehead atoms. The Balaban J connectivity index is 1.61. The Kier molecular flexibility index (Phi) is 6.33. The molecule has 0 saturated carbocycles. The normalized spacial score (nSPS) is 14.9. The molecule has 3 aromatic rings. The van der Waals surface area contributed by atoms with Gasteiger partial charge in [-0.05, 0) is 55.1 Å². The number of carbonyl (C=O) groups excluding carboxylic acids is 1. The van der Waals surface area contributed by atoms with E-state index in [0.29, 0.717) is 23.3 Å². The molecule has 4 rings (SSSR count). The molecule has 1 unspecified atom stereocenters. The second-order valence-corrected chi connectivity index (χ2v) is 8.24. The number of aromatic nitrogens is 2. The summed E-state index contributed by atoms with van der Waals surface area (Å²) in [6.45, 7) is 6.64. The zero-order valence-corrected chi connectivity index (χ0v) is 18.5. The Hall–Kier alpha value is -3.50. The Morgan fingerprint density at radius 2 is 2.19 bits per heavy atom. The van der Waals surface area contributed by atoms with Crippen LogP contribution in [0.3, 0.4) is 0 Å². The van der Waals surface area contributed by atoms with E-state index in [1.165, 1.54) is 11.1 Å². The third-order valence-corrected chi connectivity index (χ3v) is 5.61. The second-order valence-electron chi connectivity index (χ2n) is 8.24. The van der Waals surface area contributed by atoms with Gasteiger partial charge in [-0.1, -0.05) is 44.1 Å². The molecular formula is C25H26N4O3. The van der Waals surface area contributed by atoms with Gasteiger partial charge in [-0.2, -0.15) is 10.2 Å². The molecule has 0 spiro atoms. The van der Waals surface area contributed by atoms with Gasteiger partial charge in [0.1, 0.15) is 11.8 Å². The number of nitriles is 1. The number of ether oxygens (including phenoxy) is 1. The van der Waals surface area contributed by atoms with Crippen LogP contribution in [0.1, 0.15) is 56.3 Å². The fourth-order valence-electron chi connectivity index (χ4n) is 3.91. The molecule has 2 aromatic carbocycles. The number of nitrogens with one attached hydrogen (secondary N) is 1. The number of hydrogen-bond donors (Lipinski definition) is 1. The van der Waals surface area contributed by atoms with Gasteiger partial charge in [0.05, 0.1) is 11.5 Å². The Bertz CT molecular complexity index is 1180. The van der Waals surface area contributed by atoms with E-state index in [0.717, 1.165) is 31.4 Å². The summed E-state index contributed by atoms with van der Waals surface area (Å²) in [6, 6.07) is 13.5. The van der Waals surface area contributed by atoms with Gasteiger partial charge >= 0.3 is 5.97 Å². The van der Waals surface area contributed by atoms with Gasteiger partial charge in [-0.15, -0.1) is 0 Å². The van der Waals surface area contributed by atoms with Crippen molar-refractivity contribution < 1.29 is 14.1 Å². The molecule has 1 aliphatic rings. The first-order valence-electron chi connectivity index (χ1n) is 11.0.